The molecule has 1 aromatic rings. The van der Waals surface area contributed by atoms with Gasteiger partial charge in [-0.25, -0.2) is 13.8 Å². The summed E-state index contributed by atoms with van der Waals surface area (Å²) in [6.45, 7) is 2.04. The van der Waals surface area contributed by atoms with E-state index < -0.39 is 11.6 Å². The van der Waals surface area contributed by atoms with E-state index in [1.54, 1.807) is 0 Å². The van der Waals surface area contributed by atoms with Gasteiger partial charge in [-0.1, -0.05) is 19.3 Å². The minimum Gasteiger partial charge on any atom is -0.365 e. The zero-order valence-electron chi connectivity index (χ0n) is 10.0. The SMILES string of the molecule is CC(Nc1ncc(F)cc1F)C1CCCCC1. The normalized spacial score (nSPS) is 19.0. The van der Waals surface area contributed by atoms with Crippen LogP contribution in [0.1, 0.15) is 39.0 Å². The first-order valence-electron chi connectivity index (χ1n) is 6.24. The van der Waals surface area contributed by atoms with Crippen molar-refractivity contribution in [2.24, 2.45) is 5.92 Å². The van der Waals surface area contributed by atoms with E-state index in [4.69, 9.17) is 0 Å². The van der Waals surface area contributed by atoms with Crippen LogP contribution in [0.25, 0.3) is 0 Å². The van der Waals surface area contributed by atoms with Gasteiger partial charge < -0.3 is 5.32 Å². The molecule has 1 N–H and O–H groups in total. The van der Waals surface area contributed by atoms with Crippen LogP contribution in [0.2, 0.25) is 0 Å². The fourth-order valence-corrected chi connectivity index (χ4v) is 2.49. The summed E-state index contributed by atoms with van der Waals surface area (Å²) in [4.78, 5) is 3.75. The van der Waals surface area contributed by atoms with E-state index >= 15 is 0 Å². The molecule has 0 saturated heterocycles. The molecule has 0 aliphatic heterocycles. The Morgan fingerprint density at radius 2 is 2.00 bits per heavy atom. The van der Waals surface area contributed by atoms with Crippen LogP contribution in [0.15, 0.2) is 12.3 Å². The predicted molar refractivity (Wildman–Crippen MR) is 63.8 cm³/mol. The molecule has 1 aliphatic carbocycles. The third-order valence-electron chi connectivity index (χ3n) is 3.53. The molecule has 0 amide bonds. The molecule has 1 aliphatic rings. The summed E-state index contributed by atoms with van der Waals surface area (Å²) in [5, 5.41) is 3.05. The highest BCUT2D eigenvalue weighted by Gasteiger charge is 2.21. The second kappa shape index (κ2) is 5.43. The molecule has 2 rings (SSSR count). The van der Waals surface area contributed by atoms with Gasteiger partial charge in [-0.3, -0.25) is 0 Å². The number of aromatic nitrogens is 1. The van der Waals surface area contributed by atoms with Gasteiger partial charge >= 0.3 is 0 Å². The number of rotatable bonds is 3. The molecule has 4 heteroatoms. The first-order chi connectivity index (χ1) is 8.16. The van der Waals surface area contributed by atoms with Gasteiger partial charge in [0.1, 0.15) is 5.82 Å². The van der Waals surface area contributed by atoms with Crippen molar-refractivity contribution >= 4 is 5.82 Å². The zero-order chi connectivity index (χ0) is 12.3. The summed E-state index contributed by atoms with van der Waals surface area (Å²) in [6.07, 6.45) is 7.19. The number of anilines is 1. The maximum atomic E-state index is 13.4. The van der Waals surface area contributed by atoms with Crippen LogP contribution >= 0.6 is 0 Å². The van der Waals surface area contributed by atoms with Crippen LogP contribution in [0.5, 0.6) is 0 Å². The van der Waals surface area contributed by atoms with E-state index in [0.29, 0.717) is 5.92 Å². The molecule has 17 heavy (non-hydrogen) atoms. The molecule has 94 valence electrons. The lowest BCUT2D eigenvalue weighted by Gasteiger charge is -2.28. The summed E-state index contributed by atoms with van der Waals surface area (Å²) >= 11 is 0. The van der Waals surface area contributed by atoms with E-state index in [1.165, 1.54) is 32.1 Å². The molecule has 1 aromatic heterocycles. The molecule has 2 nitrogen and oxygen atoms in total. The van der Waals surface area contributed by atoms with Gasteiger partial charge in [0.2, 0.25) is 0 Å². The minimum absolute atomic E-state index is 0.157. The number of hydrogen-bond acceptors (Lipinski definition) is 2. The highest BCUT2D eigenvalue weighted by atomic mass is 19.1. The van der Waals surface area contributed by atoms with Gasteiger partial charge in [0.15, 0.2) is 11.6 Å². The Bertz CT molecular complexity index is 376. The molecule has 1 atom stereocenters. The lowest BCUT2D eigenvalue weighted by atomic mass is 9.84. The minimum atomic E-state index is -0.640. The fourth-order valence-electron chi connectivity index (χ4n) is 2.49. The summed E-state index contributed by atoms with van der Waals surface area (Å²) in [7, 11) is 0. The van der Waals surface area contributed by atoms with E-state index in [2.05, 4.69) is 10.3 Å². The first kappa shape index (κ1) is 12.3. The summed E-state index contributed by atoms with van der Waals surface area (Å²) in [5.74, 6) is -0.537. The highest BCUT2D eigenvalue weighted by molar-refractivity contribution is 5.36. The fraction of sp³-hybridized carbons (Fsp3) is 0.615. The Kier molecular flexibility index (Phi) is 3.92. The zero-order valence-corrected chi connectivity index (χ0v) is 10.0. The lowest BCUT2D eigenvalue weighted by Crippen LogP contribution is -2.28. The van der Waals surface area contributed by atoms with Crippen LogP contribution in [-0.2, 0) is 0 Å². The Morgan fingerprint density at radius 3 is 2.65 bits per heavy atom. The maximum absolute atomic E-state index is 13.4. The topological polar surface area (TPSA) is 24.9 Å². The van der Waals surface area contributed by atoms with Gasteiger partial charge in [0.05, 0.1) is 6.20 Å². The number of pyridine rings is 1. The molecule has 0 radical (unpaired) electrons. The molecule has 0 spiro atoms. The van der Waals surface area contributed by atoms with E-state index in [1.807, 2.05) is 6.92 Å². The number of nitrogens with zero attached hydrogens (tertiary/aromatic N) is 1. The summed E-state index contributed by atoms with van der Waals surface area (Å²) in [6, 6.07) is 1.05. The monoisotopic (exact) mass is 240 g/mol. The Labute approximate surface area is 100 Å². The van der Waals surface area contributed by atoms with Crippen LogP contribution in [0, 0.1) is 17.6 Å². The lowest BCUT2D eigenvalue weighted by molar-refractivity contribution is 0.327. The van der Waals surface area contributed by atoms with Crippen molar-refractivity contribution in [2.75, 3.05) is 5.32 Å². The summed E-state index contributed by atoms with van der Waals surface area (Å²) < 4.78 is 26.1. The molecular weight excluding hydrogens is 222 g/mol. The smallest absolute Gasteiger partial charge is 0.168 e. The number of halogens is 2. The van der Waals surface area contributed by atoms with Gasteiger partial charge in [0, 0.05) is 12.1 Å². The second-order valence-corrected chi connectivity index (χ2v) is 4.82. The largest absolute Gasteiger partial charge is 0.365 e. The maximum Gasteiger partial charge on any atom is 0.168 e. The van der Waals surface area contributed by atoms with E-state index in [-0.39, 0.29) is 11.9 Å². The van der Waals surface area contributed by atoms with E-state index in [0.717, 1.165) is 12.3 Å². The third kappa shape index (κ3) is 3.14. The van der Waals surface area contributed by atoms with Crippen molar-refractivity contribution < 1.29 is 8.78 Å². The molecule has 1 fully saturated rings. The molecule has 1 unspecified atom stereocenters. The Morgan fingerprint density at radius 1 is 1.29 bits per heavy atom. The average molecular weight is 240 g/mol. The molecule has 1 saturated carbocycles. The van der Waals surface area contributed by atoms with Crippen molar-refractivity contribution in [1.82, 2.24) is 4.98 Å². The van der Waals surface area contributed by atoms with Gasteiger partial charge in [-0.05, 0) is 25.7 Å². The number of hydrogen-bond donors (Lipinski definition) is 1. The molecular formula is C13H18F2N2. The Hall–Kier alpha value is -1.19. The van der Waals surface area contributed by atoms with Crippen molar-refractivity contribution in [3.63, 3.8) is 0 Å². The second-order valence-electron chi connectivity index (χ2n) is 4.82. The number of nitrogens with one attached hydrogen (secondary N) is 1. The van der Waals surface area contributed by atoms with Crippen LogP contribution in [-0.4, -0.2) is 11.0 Å². The van der Waals surface area contributed by atoms with E-state index in [9.17, 15) is 8.78 Å². The molecule has 1 heterocycles. The van der Waals surface area contributed by atoms with Crippen molar-refractivity contribution in [1.29, 1.82) is 0 Å². The van der Waals surface area contributed by atoms with Gasteiger partial charge in [-0.15, -0.1) is 0 Å². The first-order valence-corrected chi connectivity index (χ1v) is 6.24. The van der Waals surface area contributed by atoms with Crippen LogP contribution < -0.4 is 5.32 Å². The average Bonchev–Trinajstić information content (AvgIpc) is 2.34. The highest BCUT2D eigenvalue weighted by Crippen LogP contribution is 2.28. The van der Waals surface area contributed by atoms with Crippen molar-refractivity contribution in [3.8, 4) is 0 Å². The third-order valence-corrected chi connectivity index (χ3v) is 3.53. The standard InChI is InChI=1S/C13H18F2N2/c1-9(10-5-3-2-4-6-10)17-13-12(15)7-11(14)8-16-13/h7-10H,2-6H2,1H3,(H,16,17). The van der Waals surface area contributed by atoms with Crippen molar-refractivity contribution in [2.45, 2.75) is 45.1 Å². The van der Waals surface area contributed by atoms with Gasteiger partial charge in [-0.2, -0.15) is 0 Å². The molecule has 0 aromatic carbocycles. The van der Waals surface area contributed by atoms with Crippen LogP contribution in [0.3, 0.4) is 0 Å². The molecule has 0 bridgehead atoms. The van der Waals surface area contributed by atoms with Crippen molar-refractivity contribution in [3.05, 3.63) is 23.9 Å². The Balaban J connectivity index is 1.99. The quantitative estimate of drug-likeness (QED) is 0.870. The summed E-state index contributed by atoms with van der Waals surface area (Å²) in [5.41, 5.74) is 0. The predicted octanol–water partition coefficient (Wildman–Crippen LogP) is 3.74. The van der Waals surface area contributed by atoms with Crippen LogP contribution in [0.4, 0.5) is 14.6 Å². The van der Waals surface area contributed by atoms with Gasteiger partial charge in [0.25, 0.3) is 0 Å².